The molecule has 0 saturated carbocycles. The van der Waals surface area contributed by atoms with Gasteiger partial charge in [0.2, 0.25) is 0 Å². The Bertz CT molecular complexity index is 691. The van der Waals surface area contributed by atoms with Crippen LogP contribution in [0.25, 0.3) is 10.1 Å². The summed E-state index contributed by atoms with van der Waals surface area (Å²) in [5.74, 6) is 0.702. The lowest BCUT2D eigenvalue weighted by atomic mass is 9.84. The summed E-state index contributed by atoms with van der Waals surface area (Å²) < 4.78 is 1.01. The van der Waals surface area contributed by atoms with Crippen molar-refractivity contribution in [3.63, 3.8) is 0 Å². The van der Waals surface area contributed by atoms with E-state index in [1.54, 1.807) is 0 Å². The molecule has 106 valence electrons. The molecule has 1 unspecified atom stereocenters. The molecule has 2 aromatic rings. The Labute approximate surface area is 129 Å². The smallest absolute Gasteiger partial charge is 0.261 e. The second-order valence-corrected chi connectivity index (χ2v) is 7.15. The van der Waals surface area contributed by atoms with Gasteiger partial charge >= 0.3 is 0 Å². The molecule has 3 aliphatic heterocycles. The van der Waals surface area contributed by atoms with E-state index in [4.69, 9.17) is 7.85 Å². The summed E-state index contributed by atoms with van der Waals surface area (Å²) in [4.78, 5) is 15.7. The average Bonchev–Trinajstić information content (AvgIpc) is 2.94. The van der Waals surface area contributed by atoms with Gasteiger partial charge in [0.15, 0.2) is 0 Å². The quantitative estimate of drug-likeness (QED) is 0.852. The third-order valence-corrected chi connectivity index (χ3v) is 5.97. The van der Waals surface area contributed by atoms with Crippen LogP contribution < -0.4 is 10.8 Å². The van der Waals surface area contributed by atoms with Crippen molar-refractivity contribution in [2.45, 2.75) is 18.9 Å². The number of hydrogen-bond donors (Lipinski definition) is 1. The van der Waals surface area contributed by atoms with Crippen LogP contribution in [-0.4, -0.2) is 44.3 Å². The zero-order chi connectivity index (χ0) is 14.4. The van der Waals surface area contributed by atoms with E-state index in [2.05, 4.69) is 10.2 Å². The molecule has 0 aliphatic carbocycles. The van der Waals surface area contributed by atoms with Crippen molar-refractivity contribution in [2.75, 3.05) is 19.6 Å². The lowest BCUT2D eigenvalue weighted by Gasteiger charge is -2.44. The maximum Gasteiger partial charge on any atom is 0.261 e. The zero-order valence-corrected chi connectivity index (χ0v) is 12.7. The van der Waals surface area contributed by atoms with Crippen LogP contribution in [0.3, 0.4) is 0 Å². The summed E-state index contributed by atoms with van der Waals surface area (Å²) in [7, 11) is 5.98. The number of piperidine rings is 3. The van der Waals surface area contributed by atoms with E-state index in [1.807, 2.05) is 24.3 Å². The first-order valence-corrected chi connectivity index (χ1v) is 8.33. The van der Waals surface area contributed by atoms with Crippen molar-refractivity contribution in [1.82, 2.24) is 10.2 Å². The van der Waals surface area contributed by atoms with Crippen LogP contribution in [0.2, 0.25) is 0 Å². The third-order valence-electron chi connectivity index (χ3n) is 4.77. The number of carbonyl (C=O) groups is 1. The van der Waals surface area contributed by atoms with Crippen LogP contribution in [-0.2, 0) is 0 Å². The average molecular weight is 296 g/mol. The van der Waals surface area contributed by atoms with E-state index in [9.17, 15) is 4.79 Å². The molecule has 5 heteroatoms. The lowest BCUT2D eigenvalue weighted by Crippen LogP contribution is -2.57. The van der Waals surface area contributed by atoms with Gasteiger partial charge in [-0.1, -0.05) is 23.7 Å². The van der Waals surface area contributed by atoms with E-state index >= 15 is 0 Å². The summed E-state index contributed by atoms with van der Waals surface area (Å²) in [5, 5.41) is 4.29. The minimum absolute atomic E-state index is 0.0503. The predicted octanol–water partition coefficient (Wildman–Crippen LogP) is 1.52. The molecule has 4 heterocycles. The molecule has 1 atom stereocenters. The molecular formula is C16H17BN2OS. The fourth-order valence-electron chi connectivity index (χ4n) is 3.57. The normalized spacial score (nSPS) is 27.9. The van der Waals surface area contributed by atoms with Crippen LogP contribution in [0.1, 0.15) is 22.5 Å². The van der Waals surface area contributed by atoms with E-state index in [-0.39, 0.29) is 5.91 Å². The largest absolute Gasteiger partial charge is 0.347 e. The highest BCUT2D eigenvalue weighted by atomic mass is 32.1. The summed E-state index contributed by atoms with van der Waals surface area (Å²) in [6.07, 6.45) is 2.43. The Balaban J connectivity index is 1.55. The standard InChI is InChI=1S/C16H17BN2OS/c17-12-3-1-2-11-8-14(21-15(11)12)16(20)18-13-9-19-6-4-10(13)5-7-19/h1-3,8,10,13H,4-7,9H2,(H,18,20). The van der Waals surface area contributed by atoms with Gasteiger partial charge in [0, 0.05) is 17.3 Å². The molecule has 2 bridgehead atoms. The van der Waals surface area contributed by atoms with Crippen molar-refractivity contribution in [1.29, 1.82) is 0 Å². The second kappa shape index (κ2) is 5.14. The molecule has 1 N–H and O–H groups in total. The summed E-state index contributed by atoms with van der Waals surface area (Å²) >= 11 is 1.49. The van der Waals surface area contributed by atoms with E-state index in [0.717, 1.165) is 27.0 Å². The van der Waals surface area contributed by atoms with Crippen molar-refractivity contribution in [2.24, 2.45) is 5.92 Å². The monoisotopic (exact) mass is 296 g/mol. The first-order chi connectivity index (χ1) is 10.2. The summed E-state index contributed by atoms with van der Waals surface area (Å²) in [5.41, 5.74) is 0.749. The van der Waals surface area contributed by atoms with Gasteiger partial charge in [0.05, 0.1) is 4.88 Å². The van der Waals surface area contributed by atoms with Crippen LogP contribution in [0, 0.1) is 5.92 Å². The Morgan fingerprint density at radius 3 is 2.81 bits per heavy atom. The van der Waals surface area contributed by atoms with Crippen LogP contribution in [0.5, 0.6) is 0 Å². The predicted molar refractivity (Wildman–Crippen MR) is 87.6 cm³/mol. The molecule has 3 nitrogen and oxygen atoms in total. The highest BCUT2D eigenvalue weighted by Gasteiger charge is 2.35. The molecule has 1 aromatic heterocycles. The van der Waals surface area contributed by atoms with Crippen molar-refractivity contribution in [3.8, 4) is 0 Å². The number of nitrogens with one attached hydrogen (secondary N) is 1. The molecule has 3 fully saturated rings. The Morgan fingerprint density at radius 1 is 1.33 bits per heavy atom. The number of benzene rings is 1. The molecule has 21 heavy (non-hydrogen) atoms. The Hall–Kier alpha value is -1.33. The molecule has 0 spiro atoms. The number of carbonyl (C=O) groups excluding carboxylic acids is 1. The third kappa shape index (κ3) is 2.38. The van der Waals surface area contributed by atoms with Crippen molar-refractivity contribution in [3.05, 3.63) is 29.1 Å². The highest BCUT2D eigenvalue weighted by Crippen LogP contribution is 2.29. The van der Waals surface area contributed by atoms with Gasteiger partial charge in [-0.2, -0.15) is 0 Å². The Morgan fingerprint density at radius 2 is 2.14 bits per heavy atom. The number of amides is 1. The molecule has 1 aromatic carbocycles. The first-order valence-electron chi connectivity index (χ1n) is 7.52. The number of hydrogen-bond acceptors (Lipinski definition) is 3. The topological polar surface area (TPSA) is 32.3 Å². The van der Waals surface area contributed by atoms with Crippen molar-refractivity contribution < 1.29 is 4.79 Å². The first kappa shape index (κ1) is 13.3. The van der Waals surface area contributed by atoms with Gasteiger partial charge in [-0.15, -0.1) is 11.3 Å². The van der Waals surface area contributed by atoms with Gasteiger partial charge in [-0.25, -0.2) is 0 Å². The maximum absolute atomic E-state index is 12.5. The van der Waals surface area contributed by atoms with E-state index in [1.165, 1.54) is 37.3 Å². The van der Waals surface area contributed by atoms with Crippen molar-refractivity contribution >= 4 is 40.6 Å². The molecule has 3 saturated heterocycles. The fourth-order valence-corrected chi connectivity index (χ4v) is 4.55. The van der Waals surface area contributed by atoms with E-state index in [0.29, 0.717) is 12.0 Å². The maximum atomic E-state index is 12.5. The minimum Gasteiger partial charge on any atom is -0.347 e. The number of thiophene rings is 1. The van der Waals surface area contributed by atoms with Gasteiger partial charge in [0.1, 0.15) is 7.85 Å². The van der Waals surface area contributed by atoms with Crippen LogP contribution in [0.4, 0.5) is 0 Å². The Kier molecular flexibility index (Phi) is 3.27. The van der Waals surface area contributed by atoms with Gasteiger partial charge < -0.3 is 10.2 Å². The second-order valence-electron chi connectivity index (χ2n) is 6.09. The van der Waals surface area contributed by atoms with Gasteiger partial charge in [-0.05, 0) is 43.3 Å². The summed E-state index contributed by atoms with van der Waals surface area (Å²) in [6.45, 7) is 3.39. The molecule has 2 radical (unpaired) electrons. The molecule has 3 aliphatic rings. The molecular weight excluding hydrogens is 279 g/mol. The summed E-state index contributed by atoms with van der Waals surface area (Å²) in [6, 6.07) is 8.08. The molecule has 1 amide bonds. The van der Waals surface area contributed by atoms with Crippen LogP contribution >= 0.6 is 11.3 Å². The lowest BCUT2D eigenvalue weighted by molar-refractivity contribution is 0.0622. The minimum atomic E-state index is 0.0503. The number of nitrogens with zero attached hydrogens (tertiary/aromatic N) is 1. The van der Waals surface area contributed by atoms with Gasteiger partial charge in [0.25, 0.3) is 5.91 Å². The van der Waals surface area contributed by atoms with Gasteiger partial charge in [-0.3, -0.25) is 4.79 Å². The number of fused-ring (bicyclic) bond motifs is 4. The fraction of sp³-hybridized carbons (Fsp3) is 0.438. The molecule has 5 rings (SSSR count). The number of rotatable bonds is 2. The van der Waals surface area contributed by atoms with E-state index < -0.39 is 0 Å². The van der Waals surface area contributed by atoms with Crippen LogP contribution in [0.15, 0.2) is 24.3 Å². The highest BCUT2D eigenvalue weighted by molar-refractivity contribution is 7.21. The zero-order valence-electron chi connectivity index (χ0n) is 11.8. The SMILES string of the molecule is [B]c1cccc2cc(C(=O)NC3CN4CCC3CC4)sc12.